The lowest BCUT2D eigenvalue weighted by Gasteiger charge is -2.54. The lowest BCUT2D eigenvalue weighted by molar-refractivity contribution is -0.164. The molecular weight excluding hydrogens is 476 g/mol. The molecule has 0 spiro atoms. The zero-order chi connectivity index (χ0) is 25.8. The van der Waals surface area contributed by atoms with E-state index in [2.05, 4.69) is 10.3 Å². The van der Waals surface area contributed by atoms with Crippen LogP contribution in [0.25, 0.3) is 10.9 Å². The van der Waals surface area contributed by atoms with Gasteiger partial charge in [0.05, 0.1) is 11.5 Å². The van der Waals surface area contributed by atoms with Crippen molar-refractivity contribution < 1.29 is 14.4 Å². The van der Waals surface area contributed by atoms with Crippen LogP contribution in [0.1, 0.15) is 71.1 Å². The Labute approximate surface area is 217 Å². The van der Waals surface area contributed by atoms with E-state index in [9.17, 15) is 14.4 Å². The van der Waals surface area contributed by atoms with E-state index in [0.29, 0.717) is 24.4 Å². The summed E-state index contributed by atoms with van der Waals surface area (Å²) in [5, 5.41) is 4.72. The van der Waals surface area contributed by atoms with E-state index in [1.54, 1.807) is 0 Å². The summed E-state index contributed by atoms with van der Waals surface area (Å²) in [5.41, 5.74) is 1.86. The van der Waals surface area contributed by atoms with E-state index < -0.39 is 17.4 Å². The van der Waals surface area contributed by atoms with Gasteiger partial charge in [-0.3, -0.25) is 14.4 Å². The van der Waals surface area contributed by atoms with E-state index in [1.165, 1.54) is 0 Å². The lowest BCUT2D eigenvalue weighted by atomic mass is 9.67. The number of H-pyrrole nitrogens is 1. The first-order chi connectivity index (χ1) is 17.0. The van der Waals surface area contributed by atoms with Crippen LogP contribution in [-0.4, -0.2) is 57.7 Å². The van der Waals surface area contributed by atoms with Crippen molar-refractivity contribution in [1.29, 1.82) is 0 Å². The maximum Gasteiger partial charge on any atom is 0.228 e. The topological polar surface area (TPSA) is 85.5 Å². The molecule has 4 heterocycles. The van der Waals surface area contributed by atoms with Gasteiger partial charge in [-0.05, 0) is 83.6 Å². The molecule has 0 aliphatic carbocycles. The molecule has 36 heavy (non-hydrogen) atoms. The Morgan fingerprint density at radius 2 is 1.89 bits per heavy atom. The minimum atomic E-state index is -0.804. The van der Waals surface area contributed by atoms with Gasteiger partial charge >= 0.3 is 0 Å². The van der Waals surface area contributed by atoms with E-state index in [-0.39, 0.29) is 29.7 Å². The maximum absolute atomic E-state index is 14.1. The third kappa shape index (κ3) is 4.29. The van der Waals surface area contributed by atoms with E-state index >= 15 is 0 Å². The Balaban J connectivity index is 1.56. The fraction of sp³-hybridized carbons (Fsp3) is 0.607. The fourth-order valence-corrected chi connectivity index (χ4v) is 6.75. The molecule has 2 saturated heterocycles. The summed E-state index contributed by atoms with van der Waals surface area (Å²) in [6.07, 6.45) is 4.30. The van der Waals surface area contributed by atoms with E-state index in [1.807, 2.05) is 55.7 Å². The average molecular weight is 513 g/mol. The molecule has 8 heteroatoms. The summed E-state index contributed by atoms with van der Waals surface area (Å²) in [4.78, 5) is 48.3. The smallest absolute Gasteiger partial charge is 0.228 e. The predicted molar refractivity (Wildman–Crippen MR) is 141 cm³/mol. The van der Waals surface area contributed by atoms with Crippen LogP contribution in [0, 0.1) is 11.8 Å². The van der Waals surface area contributed by atoms with Crippen LogP contribution in [0.3, 0.4) is 0 Å². The molecule has 5 rings (SSSR count). The van der Waals surface area contributed by atoms with Crippen molar-refractivity contribution in [2.24, 2.45) is 11.8 Å². The van der Waals surface area contributed by atoms with E-state index in [0.717, 1.165) is 54.5 Å². The molecule has 0 unspecified atom stereocenters. The maximum atomic E-state index is 14.1. The van der Waals surface area contributed by atoms with Crippen LogP contribution in [-0.2, 0) is 26.3 Å². The number of benzene rings is 1. The second kappa shape index (κ2) is 9.09. The van der Waals surface area contributed by atoms with Gasteiger partial charge in [0.1, 0.15) is 0 Å². The van der Waals surface area contributed by atoms with Gasteiger partial charge in [-0.15, -0.1) is 0 Å². The van der Waals surface area contributed by atoms with Gasteiger partial charge in [0.15, 0.2) is 0 Å². The number of likely N-dealkylation sites (tertiary alicyclic amines) is 1. The highest BCUT2D eigenvalue weighted by atomic mass is 35.5. The molecule has 3 aliphatic rings. The highest BCUT2D eigenvalue weighted by Gasteiger charge is 2.57. The number of aromatic nitrogens is 1. The number of nitrogens with zero attached hydrogens (tertiary/aromatic N) is 2. The molecule has 0 bridgehead atoms. The summed E-state index contributed by atoms with van der Waals surface area (Å²) in [5.74, 6) is -1.03. The molecule has 1 aromatic carbocycles. The van der Waals surface area contributed by atoms with Crippen LogP contribution in [0.15, 0.2) is 18.2 Å². The Bertz CT molecular complexity index is 1210. The molecule has 7 nitrogen and oxygen atoms in total. The minimum absolute atomic E-state index is 0.0356. The summed E-state index contributed by atoms with van der Waals surface area (Å²) in [6, 6.07) is 5.80. The van der Waals surface area contributed by atoms with Crippen molar-refractivity contribution in [3.8, 4) is 0 Å². The number of amides is 3. The first-order valence-corrected chi connectivity index (χ1v) is 13.6. The number of nitrogens with one attached hydrogen (secondary N) is 2. The van der Waals surface area contributed by atoms with Gasteiger partial charge in [0.2, 0.25) is 17.7 Å². The van der Waals surface area contributed by atoms with Crippen molar-refractivity contribution in [1.82, 2.24) is 20.1 Å². The largest absolute Gasteiger partial charge is 0.356 e. The summed E-state index contributed by atoms with van der Waals surface area (Å²) < 4.78 is 0. The molecule has 0 saturated carbocycles. The summed E-state index contributed by atoms with van der Waals surface area (Å²) in [6.45, 7) is 9.86. The molecule has 3 atom stereocenters. The van der Waals surface area contributed by atoms with Gasteiger partial charge in [0, 0.05) is 59.1 Å². The Kier molecular flexibility index (Phi) is 6.34. The number of hydrogen-bond acceptors (Lipinski definition) is 3. The zero-order valence-electron chi connectivity index (χ0n) is 21.7. The third-order valence-electron chi connectivity index (χ3n) is 8.25. The number of fused-ring (bicyclic) bond motifs is 5. The molecule has 3 amide bonds. The van der Waals surface area contributed by atoms with Crippen molar-refractivity contribution >= 4 is 40.2 Å². The Morgan fingerprint density at radius 1 is 1.17 bits per heavy atom. The van der Waals surface area contributed by atoms with Gasteiger partial charge in [-0.1, -0.05) is 11.6 Å². The van der Waals surface area contributed by atoms with Crippen molar-refractivity contribution in [2.75, 3.05) is 19.6 Å². The number of rotatable bonds is 3. The average Bonchev–Trinajstić information content (AvgIpc) is 3.19. The lowest BCUT2D eigenvalue weighted by Crippen LogP contribution is -2.64. The number of carbonyl (C=O) groups excluding carboxylic acids is 3. The number of hydrogen-bond donors (Lipinski definition) is 2. The van der Waals surface area contributed by atoms with E-state index in [4.69, 9.17) is 11.6 Å². The van der Waals surface area contributed by atoms with Gasteiger partial charge < -0.3 is 20.1 Å². The van der Waals surface area contributed by atoms with Crippen LogP contribution in [0.5, 0.6) is 0 Å². The monoisotopic (exact) mass is 512 g/mol. The molecule has 1 aromatic heterocycles. The van der Waals surface area contributed by atoms with Gasteiger partial charge in [-0.25, -0.2) is 0 Å². The molecule has 2 N–H and O–H groups in total. The molecule has 2 aromatic rings. The number of carbonyl (C=O) groups is 3. The van der Waals surface area contributed by atoms with Crippen molar-refractivity contribution in [3.05, 3.63) is 34.5 Å². The Hall–Kier alpha value is -2.54. The highest BCUT2D eigenvalue weighted by molar-refractivity contribution is 6.31. The highest BCUT2D eigenvalue weighted by Crippen LogP contribution is 2.50. The SMILES string of the molecule is CC(C)(C)NC(=O)C[C@H]1C[C@H](C(=O)N2CCCCC2)[C@@]2(C)c3[nH]c4ccc(Cl)cc4c3CCN2C1=O. The first kappa shape index (κ1) is 25.1. The predicted octanol–water partition coefficient (Wildman–Crippen LogP) is 4.37. The zero-order valence-corrected chi connectivity index (χ0v) is 22.5. The quantitative estimate of drug-likeness (QED) is 0.640. The minimum Gasteiger partial charge on any atom is -0.356 e. The fourth-order valence-electron chi connectivity index (χ4n) is 6.58. The Morgan fingerprint density at radius 3 is 2.58 bits per heavy atom. The third-order valence-corrected chi connectivity index (χ3v) is 8.48. The summed E-state index contributed by atoms with van der Waals surface area (Å²) >= 11 is 6.33. The van der Waals surface area contributed by atoms with Gasteiger partial charge in [-0.2, -0.15) is 0 Å². The number of aromatic amines is 1. The molecule has 194 valence electrons. The van der Waals surface area contributed by atoms with Crippen LogP contribution in [0.4, 0.5) is 0 Å². The second-order valence-electron chi connectivity index (χ2n) is 11.9. The number of halogens is 1. The standard InChI is InChI=1S/C28H37ClN4O3/c1-27(2,3)31-23(34)15-17-14-21(26(36)32-11-6-5-7-12-32)28(4)24-19(10-13-33(28)25(17)35)20-16-18(29)8-9-22(20)30-24/h8-9,16-17,21,30H,5-7,10-15H2,1-4H3,(H,31,34)/t17-,21-,28+/m1/s1. The molecule has 3 aliphatic heterocycles. The molecule has 2 fully saturated rings. The normalized spacial score (nSPS) is 26.5. The van der Waals surface area contributed by atoms with Crippen LogP contribution in [0.2, 0.25) is 5.02 Å². The van der Waals surface area contributed by atoms with Gasteiger partial charge in [0.25, 0.3) is 0 Å². The number of piperidine rings is 2. The molecule has 0 radical (unpaired) electrons. The summed E-state index contributed by atoms with van der Waals surface area (Å²) in [7, 11) is 0. The van der Waals surface area contributed by atoms with Crippen LogP contribution >= 0.6 is 11.6 Å². The van der Waals surface area contributed by atoms with Crippen LogP contribution < -0.4 is 5.32 Å². The first-order valence-electron chi connectivity index (χ1n) is 13.2. The van der Waals surface area contributed by atoms with Crippen molar-refractivity contribution in [3.63, 3.8) is 0 Å². The molecular formula is C28H37ClN4O3. The van der Waals surface area contributed by atoms with Crippen molar-refractivity contribution in [2.45, 2.75) is 77.3 Å². The second-order valence-corrected chi connectivity index (χ2v) is 12.4.